The van der Waals surface area contributed by atoms with Gasteiger partial charge in [0.05, 0.1) is 18.8 Å². The Bertz CT molecular complexity index is 140. The summed E-state index contributed by atoms with van der Waals surface area (Å²) in [6.45, 7) is 4.23. The van der Waals surface area contributed by atoms with Crippen molar-refractivity contribution in [1.29, 1.82) is 0 Å². The molecule has 3 nitrogen and oxygen atoms in total. The number of hydrogen-bond donors (Lipinski definition) is 0. The van der Waals surface area contributed by atoms with Gasteiger partial charge in [-0.25, -0.2) is 0 Å². The molecule has 0 spiro atoms. The molecule has 3 atom stereocenters. The Morgan fingerprint density at radius 1 is 1.45 bits per heavy atom. The molecule has 2 aliphatic heterocycles. The van der Waals surface area contributed by atoms with Gasteiger partial charge in [0.15, 0.2) is 0 Å². The molecule has 0 aromatic carbocycles. The summed E-state index contributed by atoms with van der Waals surface area (Å²) in [4.78, 5) is 2.45. The third kappa shape index (κ3) is 1.41. The number of hydrogen-bond acceptors (Lipinski definition) is 3. The molecule has 3 heteroatoms. The SMILES string of the molecule is COC1CCN2CCOC1C2. The number of rotatable bonds is 1. The summed E-state index contributed by atoms with van der Waals surface area (Å²) in [5.74, 6) is 0. The van der Waals surface area contributed by atoms with Crippen LogP contribution in [0.5, 0.6) is 0 Å². The van der Waals surface area contributed by atoms with Crippen molar-refractivity contribution in [2.45, 2.75) is 18.6 Å². The Balaban J connectivity index is 1.97. The minimum atomic E-state index is 0.336. The van der Waals surface area contributed by atoms with Gasteiger partial charge in [-0.1, -0.05) is 0 Å². The quantitative estimate of drug-likeness (QED) is 0.539. The van der Waals surface area contributed by atoms with Crippen molar-refractivity contribution in [2.24, 2.45) is 0 Å². The van der Waals surface area contributed by atoms with Gasteiger partial charge in [0, 0.05) is 26.7 Å². The zero-order valence-corrected chi connectivity index (χ0v) is 6.95. The predicted octanol–water partition coefficient (Wildman–Crippen LogP) is 0.106. The molecule has 0 radical (unpaired) electrons. The van der Waals surface area contributed by atoms with E-state index in [9.17, 15) is 0 Å². The fraction of sp³-hybridized carbons (Fsp3) is 1.00. The van der Waals surface area contributed by atoms with Crippen molar-refractivity contribution in [1.82, 2.24) is 4.90 Å². The first-order valence-electron chi connectivity index (χ1n) is 4.27. The van der Waals surface area contributed by atoms with E-state index < -0.39 is 0 Å². The summed E-state index contributed by atoms with van der Waals surface area (Å²) < 4.78 is 10.9. The summed E-state index contributed by atoms with van der Waals surface area (Å²) in [5, 5.41) is 0. The average molecular weight is 157 g/mol. The number of piperidine rings is 1. The molecule has 0 aromatic heterocycles. The lowest BCUT2D eigenvalue weighted by molar-refractivity contribution is -0.129. The summed E-state index contributed by atoms with van der Waals surface area (Å²) in [6.07, 6.45) is 1.80. The fourth-order valence-electron chi connectivity index (χ4n) is 1.92. The van der Waals surface area contributed by atoms with Crippen LogP contribution in [0.15, 0.2) is 0 Å². The van der Waals surface area contributed by atoms with Gasteiger partial charge in [-0.2, -0.15) is 0 Å². The maximum atomic E-state index is 5.59. The highest BCUT2D eigenvalue weighted by molar-refractivity contribution is 4.84. The normalized spacial score (nSPS) is 43.9. The molecule has 0 amide bonds. The molecule has 0 saturated carbocycles. The fourth-order valence-corrected chi connectivity index (χ4v) is 1.92. The second-order valence-corrected chi connectivity index (χ2v) is 3.27. The summed E-state index contributed by atoms with van der Waals surface area (Å²) in [7, 11) is 1.78. The molecular formula is C8H15NO2. The second kappa shape index (κ2) is 3.09. The number of morpholine rings is 1. The van der Waals surface area contributed by atoms with Crippen LogP contribution in [0.1, 0.15) is 6.42 Å². The minimum absolute atomic E-state index is 0.336. The summed E-state index contributed by atoms with van der Waals surface area (Å²) >= 11 is 0. The number of fused-ring (bicyclic) bond motifs is 2. The zero-order chi connectivity index (χ0) is 7.68. The highest BCUT2D eigenvalue weighted by Gasteiger charge is 2.32. The largest absolute Gasteiger partial charge is 0.379 e. The lowest BCUT2D eigenvalue weighted by atomic mass is 10.0. The van der Waals surface area contributed by atoms with Crippen LogP contribution in [0.2, 0.25) is 0 Å². The third-order valence-corrected chi connectivity index (χ3v) is 2.62. The van der Waals surface area contributed by atoms with E-state index in [0.717, 1.165) is 26.1 Å². The lowest BCUT2D eigenvalue weighted by Gasteiger charge is -2.41. The van der Waals surface area contributed by atoms with Crippen LogP contribution in [0.3, 0.4) is 0 Å². The van der Waals surface area contributed by atoms with Crippen molar-refractivity contribution in [3.8, 4) is 0 Å². The van der Waals surface area contributed by atoms with E-state index in [1.165, 1.54) is 6.54 Å². The van der Waals surface area contributed by atoms with Gasteiger partial charge < -0.3 is 9.47 Å². The van der Waals surface area contributed by atoms with Gasteiger partial charge in [-0.3, -0.25) is 4.90 Å². The molecule has 2 heterocycles. The molecule has 0 aliphatic carbocycles. The van der Waals surface area contributed by atoms with E-state index in [1.807, 2.05) is 0 Å². The molecule has 2 fully saturated rings. The Kier molecular flexibility index (Phi) is 2.11. The minimum Gasteiger partial charge on any atom is -0.379 e. The van der Waals surface area contributed by atoms with E-state index in [1.54, 1.807) is 7.11 Å². The number of methoxy groups -OCH3 is 1. The van der Waals surface area contributed by atoms with E-state index >= 15 is 0 Å². The van der Waals surface area contributed by atoms with Crippen LogP contribution in [-0.4, -0.2) is 50.5 Å². The first-order valence-corrected chi connectivity index (χ1v) is 4.27. The molecule has 2 saturated heterocycles. The first-order chi connectivity index (χ1) is 5.40. The third-order valence-electron chi connectivity index (χ3n) is 2.62. The first kappa shape index (κ1) is 7.53. The number of ether oxygens (including phenoxy) is 2. The Hall–Kier alpha value is -0.120. The average Bonchev–Trinajstić information content (AvgIpc) is 2.06. The number of nitrogens with zero attached hydrogens (tertiary/aromatic N) is 1. The zero-order valence-electron chi connectivity index (χ0n) is 6.95. The topological polar surface area (TPSA) is 21.7 Å². The molecule has 64 valence electrons. The second-order valence-electron chi connectivity index (χ2n) is 3.27. The van der Waals surface area contributed by atoms with Crippen LogP contribution >= 0.6 is 0 Å². The van der Waals surface area contributed by atoms with Gasteiger partial charge in [0.2, 0.25) is 0 Å². The van der Waals surface area contributed by atoms with Crippen molar-refractivity contribution in [3.63, 3.8) is 0 Å². The van der Waals surface area contributed by atoms with E-state index in [-0.39, 0.29) is 0 Å². The Morgan fingerprint density at radius 2 is 2.36 bits per heavy atom. The van der Waals surface area contributed by atoms with Gasteiger partial charge in [0.25, 0.3) is 0 Å². The van der Waals surface area contributed by atoms with Gasteiger partial charge in [-0.05, 0) is 6.42 Å². The summed E-state index contributed by atoms with van der Waals surface area (Å²) in [6, 6.07) is 0. The standard InChI is InChI=1S/C8H15NO2/c1-10-7-2-3-9-4-5-11-8(7)6-9/h7-8H,2-6H2,1H3. The predicted molar refractivity (Wildman–Crippen MR) is 41.6 cm³/mol. The molecule has 0 aromatic rings. The maximum Gasteiger partial charge on any atom is 0.0964 e. The smallest absolute Gasteiger partial charge is 0.0964 e. The van der Waals surface area contributed by atoms with Gasteiger partial charge in [-0.15, -0.1) is 0 Å². The maximum absolute atomic E-state index is 5.59. The lowest BCUT2D eigenvalue weighted by Crippen LogP contribution is -2.53. The van der Waals surface area contributed by atoms with Crippen LogP contribution < -0.4 is 0 Å². The molecule has 2 rings (SSSR count). The molecule has 2 aliphatic rings. The molecule has 11 heavy (non-hydrogen) atoms. The highest BCUT2D eigenvalue weighted by atomic mass is 16.5. The van der Waals surface area contributed by atoms with Gasteiger partial charge in [0.1, 0.15) is 0 Å². The monoisotopic (exact) mass is 157 g/mol. The van der Waals surface area contributed by atoms with Crippen molar-refractivity contribution in [3.05, 3.63) is 0 Å². The molecule has 0 N–H and O–H groups in total. The highest BCUT2D eigenvalue weighted by Crippen LogP contribution is 2.19. The summed E-state index contributed by atoms with van der Waals surface area (Å²) in [5.41, 5.74) is 0. The Morgan fingerprint density at radius 3 is 3.18 bits per heavy atom. The molecule has 3 unspecified atom stereocenters. The molecular weight excluding hydrogens is 142 g/mol. The Labute approximate surface area is 67.3 Å². The van der Waals surface area contributed by atoms with Crippen molar-refractivity contribution in [2.75, 3.05) is 33.4 Å². The molecule has 2 bridgehead atoms. The van der Waals surface area contributed by atoms with Crippen LogP contribution in [0, 0.1) is 0 Å². The van der Waals surface area contributed by atoms with Crippen LogP contribution in [-0.2, 0) is 9.47 Å². The van der Waals surface area contributed by atoms with E-state index in [2.05, 4.69) is 4.90 Å². The van der Waals surface area contributed by atoms with Crippen molar-refractivity contribution >= 4 is 0 Å². The van der Waals surface area contributed by atoms with Crippen molar-refractivity contribution < 1.29 is 9.47 Å². The van der Waals surface area contributed by atoms with Gasteiger partial charge >= 0.3 is 0 Å². The van der Waals surface area contributed by atoms with E-state index in [4.69, 9.17) is 9.47 Å². The van der Waals surface area contributed by atoms with Crippen LogP contribution in [0.25, 0.3) is 0 Å². The van der Waals surface area contributed by atoms with E-state index in [0.29, 0.717) is 12.2 Å². The van der Waals surface area contributed by atoms with Crippen LogP contribution in [0.4, 0.5) is 0 Å².